The summed E-state index contributed by atoms with van der Waals surface area (Å²) in [5.41, 5.74) is 4.71. The Morgan fingerprint density at radius 1 is 0.912 bits per heavy atom. The van der Waals surface area contributed by atoms with Gasteiger partial charge in [-0.1, -0.05) is 61.9 Å². The monoisotopic (exact) mass is 466 g/mol. The zero-order valence-electron chi connectivity index (χ0n) is 19.7. The van der Waals surface area contributed by atoms with Gasteiger partial charge in [0.1, 0.15) is 6.61 Å². The van der Waals surface area contributed by atoms with E-state index < -0.39 is 12.1 Å². The molecule has 7 heteroatoms. The number of fused-ring (bicyclic) bond motifs is 3. The van der Waals surface area contributed by atoms with Gasteiger partial charge in [-0.2, -0.15) is 0 Å². The molecule has 0 aliphatic heterocycles. The van der Waals surface area contributed by atoms with E-state index >= 15 is 0 Å². The minimum Gasteiger partial charge on any atom is -0.481 e. The number of aliphatic carboxylic acids is 1. The maximum absolute atomic E-state index is 12.2. The van der Waals surface area contributed by atoms with Crippen molar-refractivity contribution in [2.24, 2.45) is 5.92 Å². The molecule has 0 aromatic heterocycles. The molecule has 7 nitrogen and oxygen atoms in total. The zero-order valence-corrected chi connectivity index (χ0v) is 19.7. The van der Waals surface area contributed by atoms with E-state index in [1.165, 1.54) is 22.3 Å². The molecule has 34 heavy (non-hydrogen) atoms. The highest BCUT2D eigenvalue weighted by Crippen LogP contribution is 2.44. The third-order valence-corrected chi connectivity index (χ3v) is 6.41. The lowest BCUT2D eigenvalue weighted by atomic mass is 9.96. The van der Waals surface area contributed by atoms with Crippen LogP contribution in [-0.2, 0) is 14.3 Å². The third-order valence-electron chi connectivity index (χ3n) is 6.41. The highest BCUT2D eigenvalue weighted by Gasteiger charge is 2.28. The van der Waals surface area contributed by atoms with Crippen LogP contribution in [0.1, 0.15) is 62.5 Å². The lowest BCUT2D eigenvalue weighted by Gasteiger charge is -2.15. The number of rotatable bonds is 13. The Morgan fingerprint density at radius 3 is 2.18 bits per heavy atom. The van der Waals surface area contributed by atoms with Crippen molar-refractivity contribution in [1.29, 1.82) is 0 Å². The molecule has 1 atom stereocenters. The largest absolute Gasteiger partial charge is 0.481 e. The second kappa shape index (κ2) is 12.8. The number of carbonyl (C=O) groups is 3. The smallest absolute Gasteiger partial charge is 0.407 e. The SMILES string of the molecule is CCC(CCNC(=O)CCCNC(=O)OCC1c2ccccc2-c2ccccc21)CCC(=O)O. The van der Waals surface area contributed by atoms with Crippen LogP contribution in [0.5, 0.6) is 0 Å². The molecular formula is C27H34N2O5. The Bertz CT molecular complexity index is 945. The lowest BCUT2D eigenvalue weighted by molar-refractivity contribution is -0.137. The summed E-state index contributed by atoms with van der Waals surface area (Å²) in [5.74, 6) is -0.535. The molecule has 2 aromatic carbocycles. The van der Waals surface area contributed by atoms with Crippen LogP contribution >= 0.6 is 0 Å². The Labute approximate surface area is 200 Å². The van der Waals surface area contributed by atoms with Crippen molar-refractivity contribution in [2.45, 2.75) is 51.4 Å². The Morgan fingerprint density at radius 2 is 1.56 bits per heavy atom. The van der Waals surface area contributed by atoms with E-state index in [1.807, 2.05) is 31.2 Å². The Kier molecular flexibility index (Phi) is 9.50. The normalized spacial score (nSPS) is 13.0. The first-order chi connectivity index (χ1) is 16.5. The second-order valence-electron chi connectivity index (χ2n) is 8.70. The van der Waals surface area contributed by atoms with Gasteiger partial charge < -0.3 is 20.5 Å². The fourth-order valence-corrected chi connectivity index (χ4v) is 4.47. The van der Waals surface area contributed by atoms with Crippen molar-refractivity contribution in [3.63, 3.8) is 0 Å². The van der Waals surface area contributed by atoms with Gasteiger partial charge in [-0.3, -0.25) is 9.59 Å². The van der Waals surface area contributed by atoms with E-state index in [0.717, 1.165) is 12.8 Å². The van der Waals surface area contributed by atoms with Crippen molar-refractivity contribution in [1.82, 2.24) is 10.6 Å². The molecule has 1 aliphatic carbocycles. The zero-order chi connectivity index (χ0) is 24.3. The molecule has 0 heterocycles. The number of ether oxygens (including phenoxy) is 1. The number of benzene rings is 2. The summed E-state index contributed by atoms with van der Waals surface area (Å²) in [4.78, 5) is 34.9. The van der Waals surface area contributed by atoms with Crippen molar-refractivity contribution >= 4 is 18.0 Å². The van der Waals surface area contributed by atoms with Gasteiger partial charge in [0, 0.05) is 31.8 Å². The maximum Gasteiger partial charge on any atom is 0.407 e. The first kappa shape index (κ1) is 25.3. The average Bonchev–Trinajstić information content (AvgIpc) is 3.16. The maximum atomic E-state index is 12.2. The fourth-order valence-electron chi connectivity index (χ4n) is 4.47. The number of carbonyl (C=O) groups excluding carboxylic acids is 2. The molecule has 3 N–H and O–H groups in total. The van der Waals surface area contributed by atoms with Gasteiger partial charge in [0.25, 0.3) is 0 Å². The van der Waals surface area contributed by atoms with Crippen LogP contribution in [0.15, 0.2) is 48.5 Å². The van der Waals surface area contributed by atoms with Gasteiger partial charge in [0.15, 0.2) is 0 Å². The standard InChI is InChI=1S/C27H34N2O5/c1-2-19(13-14-26(31)32)15-17-28-25(30)12-7-16-29-27(33)34-18-24-22-10-5-3-8-20(22)21-9-4-6-11-23(21)24/h3-6,8-11,19,24H,2,7,12-18H2,1H3,(H,28,30)(H,29,33)(H,31,32). The highest BCUT2D eigenvalue weighted by atomic mass is 16.5. The summed E-state index contributed by atoms with van der Waals surface area (Å²) in [7, 11) is 0. The minimum absolute atomic E-state index is 0.0198. The second-order valence-corrected chi connectivity index (χ2v) is 8.70. The van der Waals surface area contributed by atoms with Crippen LogP contribution in [0.3, 0.4) is 0 Å². The van der Waals surface area contributed by atoms with Crippen molar-refractivity contribution in [3.05, 3.63) is 59.7 Å². The summed E-state index contributed by atoms with van der Waals surface area (Å²) >= 11 is 0. The van der Waals surface area contributed by atoms with Crippen LogP contribution in [0.2, 0.25) is 0 Å². The molecule has 2 aromatic rings. The topological polar surface area (TPSA) is 105 Å². The van der Waals surface area contributed by atoms with Gasteiger partial charge in [-0.15, -0.1) is 0 Å². The third kappa shape index (κ3) is 7.07. The van der Waals surface area contributed by atoms with E-state index in [1.54, 1.807) is 0 Å². The molecule has 1 aliphatic rings. The summed E-state index contributed by atoms with van der Waals surface area (Å²) < 4.78 is 5.50. The molecule has 0 saturated heterocycles. The van der Waals surface area contributed by atoms with Gasteiger partial charge in [0.2, 0.25) is 5.91 Å². The Balaban J connectivity index is 1.32. The summed E-state index contributed by atoms with van der Waals surface area (Å²) in [6.07, 6.45) is 2.81. The molecule has 0 bridgehead atoms. The summed E-state index contributed by atoms with van der Waals surface area (Å²) in [6.45, 7) is 3.20. The number of carboxylic acids is 1. The summed E-state index contributed by atoms with van der Waals surface area (Å²) in [6, 6.07) is 16.4. The van der Waals surface area contributed by atoms with Crippen LogP contribution < -0.4 is 10.6 Å². The number of nitrogens with one attached hydrogen (secondary N) is 2. The number of carboxylic acid groups (broad SMARTS) is 1. The van der Waals surface area contributed by atoms with Crippen LogP contribution in [-0.4, -0.2) is 42.8 Å². The van der Waals surface area contributed by atoms with Gasteiger partial charge in [0.05, 0.1) is 0 Å². The molecule has 0 fully saturated rings. The van der Waals surface area contributed by atoms with E-state index in [9.17, 15) is 14.4 Å². The van der Waals surface area contributed by atoms with Crippen molar-refractivity contribution in [2.75, 3.05) is 19.7 Å². The molecule has 0 saturated carbocycles. The van der Waals surface area contributed by atoms with Gasteiger partial charge in [-0.05, 0) is 47.4 Å². The molecule has 1 unspecified atom stereocenters. The van der Waals surface area contributed by atoms with E-state index in [0.29, 0.717) is 38.3 Å². The van der Waals surface area contributed by atoms with Crippen molar-refractivity contribution < 1.29 is 24.2 Å². The van der Waals surface area contributed by atoms with Gasteiger partial charge >= 0.3 is 12.1 Å². The first-order valence-corrected chi connectivity index (χ1v) is 12.1. The highest BCUT2D eigenvalue weighted by molar-refractivity contribution is 5.79. The van der Waals surface area contributed by atoms with E-state index in [-0.39, 0.29) is 24.9 Å². The van der Waals surface area contributed by atoms with Crippen LogP contribution in [0.4, 0.5) is 4.79 Å². The lowest BCUT2D eigenvalue weighted by Crippen LogP contribution is -2.29. The number of hydrogen-bond acceptors (Lipinski definition) is 4. The quantitative estimate of drug-likeness (QED) is 0.371. The predicted molar refractivity (Wildman–Crippen MR) is 131 cm³/mol. The Hall–Kier alpha value is -3.35. The molecule has 2 amide bonds. The predicted octanol–water partition coefficient (Wildman–Crippen LogP) is 4.70. The molecular weight excluding hydrogens is 432 g/mol. The molecule has 0 spiro atoms. The first-order valence-electron chi connectivity index (χ1n) is 12.1. The number of alkyl carbamates (subject to hydrolysis) is 1. The van der Waals surface area contributed by atoms with E-state index in [4.69, 9.17) is 9.84 Å². The molecule has 3 rings (SSSR count). The number of hydrogen-bond donors (Lipinski definition) is 3. The average molecular weight is 467 g/mol. The van der Waals surface area contributed by atoms with Crippen LogP contribution in [0, 0.1) is 5.92 Å². The molecule has 182 valence electrons. The summed E-state index contributed by atoms with van der Waals surface area (Å²) in [5, 5.41) is 14.4. The van der Waals surface area contributed by atoms with Crippen LogP contribution in [0.25, 0.3) is 11.1 Å². The van der Waals surface area contributed by atoms with E-state index in [2.05, 4.69) is 34.9 Å². The number of amides is 2. The molecule has 0 radical (unpaired) electrons. The van der Waals surface area contributed by atoms with Crippen molar-refractivity contribution in [3.8, 4) is 11.1 Å². The minimum atomic E-state index is -0.786. The van der Waals surface area contributed by atoms with Gasteiger partial charge in [-0.25, -0.2) is 4.79 Å². The fraction of sp³-hybridized carbons (Fsp3) is 0.444.